The van der Waals surface area contributed by atoms with Gasteiger partial charge in [-0.25, -0.2) is 0 Å². The minimum atomic E-state index is -1.38. The largest absolute Gasteiger partial charge is 1.00 e. The molecule has 0 unspecified atom stereocenters. The first-order valence-corrected chi connectivity index (χ1v) is 7.51. The number of β-lactam (4-membered cyclic amide) rings is 1. The fourth-order valence-electron chi connectivity index (χ4n) is 3.50. The van der Waals surface area contributed by atoms with Crippen molar-refractivity contribution in [3.05, 3.63) is 11.3 Å². The number of fused-ring (bicyclic) bond motifs is 1. The van der Waals surface area contributed by atoms with E-state index in [1.807, 2.05) is 13.8 Å². The van der Waals surface area contributed by atoms with Gasteiger partial charge in [-0.3, -0.25) is 4.79 Å². The molecule has 0 saturated carbocycles. The van der Waals surface area contributed by atoms with E-state index in [4.69, 9.17) is 4.84 Å². The first kappa shape index (κ1) is 18.4. The molecule has 3 rings (SSSR count). The number of rotatable bonds is 4. The van der Waals surface area contributed by atoms with Crippen molar-refractivity contribution in [1.29, 1.82) is 0 Å². The van der Waals surface area contributed by atoms with Crippen LogP contribution >= 0.6 is 0 Å². The summed E-state index contributed by atoms with van der Waals surface area (Å²) in [7, 11) is 0. The Bertz CT molecular complexity index is 599. The Labute approximate surface area is 156 Å². The number of hydrogen-bond acceptors (Lipinski definition) is 6. The van der Waals surface area contributed by atoms with Gasteiger partial charge in [0.15, 0.2) is 6.10 Å². The van der Waals surface area contributed by atoms with Gasteiger partial charge in [-0.05, 0) is 19.3 Å². The van der Waals surface area contributed by atoms with E-state index in [1.165, 1.54) is 4.90 Å². The third-order valence-corrected chi connectivity index (χ3v) is 4.70. The Morgan fingerprint density at radius 1 is 1.39 bits per heavy atom. The second kappa shape index (κ2) is 6.55. The van der Waals surface area contributed by atoms with E-state index in [0.29, 0.717) is 18.4 Å². The van der Waals surface area contributed by atoms with Crippen LogP contribution in [-0.4, -0.2) is 45.8 Å². The van der Waals surface area contributed by atoms with Crippen molar-refractivity contribution in [2.45, 2.75) is 51.9 Å². The summed E-state index contributed by atoms with van der Waals surface area (Å²) < 4.78 is 0. The van der Waals surface area contributed by atoms with Crippen molar-refractivity contribution in [3.8, 4) is 0 Å². The molecule has 0 spiro atoms. The molecule has 1 amide bonds. The number of carbonyl (C=O) groups excluding carboxylic acids is 2. The number of aliphatic carboxylic acids is 1. The van der Waals surface area contributed by atoms with Crippen molar-refractivity contribution in [2.24, 2.45) is 17.0 Å². The molecule has 3 aliphatic heterocycles. The molecule has 3 aliphatic rings. The molecule has 0 aliphatic carbocycles. The van der Waals surface area contributed by atoms with E-state index in [2.05, 4.69) is 5.16 Å². The molecule has 1 saturated heterocycles. The van der Waals surface area contributed by atoms with Gasteiger partial charge in [0, 0.05) is 12.0 Å². The van der Waals surface area contributed by atoms with Gasteiger partial charge in [0.25, 0.3) is 0 Å². The Morgan fingerprint density at radius 2 is 2.04 bits per heavy atom. The van der Waals surface area contributed by atoms with Crippen molar-refractivity contribution >= 4 is 17.6 Å². The van der Waals surface area contributed by atoms with E-state index in [-0.39, 0.29) is 53.1 Å². The van der Waals surface area contributed by atoms with Gasteiger partial charge in [0.2, 0.25) is 5.91 Å². The standard InChI is InChI=1S/C15H20N2O5.Na/c1-6(2)9-5-11(22-16-9)8-4-10-12(7(3)18)14(19)17(10)13(8)15(20)21;/h6-7,10-12,18H,4-5H2,1-3H3,(H,20,21);/q;+1/p-1/t7-,10-,11-,12-;/m1./s1. The van der Waals surface area contributed by atoms with Crippen molar-refractivity contribution in [2.75, 3.05) is 0 Å². The summed E-state index contributed by atoms with van der Waals surface area (Å²) in [4.78, 5) is 30.2. The fraction of sp³-hybridized carbons (Fsp3) is 0.667. The molecular formula is C15H19N2NaO5. The number of aliphatic hydroxyl groups excluding tert-OH is 1. The second-order valence-corrected chi connectivity index (χ2v) is 6.44. The normalized spacial score (nSPS) is 30.5. The third-order valence-electron chi connectivity index (χ3n) is 4.70. The number of carboxylic acid groups (broad SMARTS) is 1. The number of hydrogen-bond donors (Lipinski definition) is 1. The zero-order valence-electron chi connectivity index (χ0n) is 13.8. The molecule has 8 heteroatoms. The van der Waals surface area contributed by atoms with Gasteiger partial charge >= 0.3 is 29.6 Å². The summed E-state index contributed by atoms with van der Waals surface area (Å²) >= 11 is 0. The number of aliphatic hydroxyl groups is 1. The smallest absolute Gasteiger partial charge is 0.543 e. The summed E-state index contributed by atoms with van der Waals surface area (Å²) in [6.45, 7) is 5.53. The quantitative estimate of drug-likeness (QED) is 0.424. The van der Waals surface area contributed by atoms with Crippen LogP contribution in [0, 0.1) is 11.8 Å². The van der Waals surface area contributed by atoms with E-state index in [9.17, 15) is 19.8 Å². The van der Waals surface area contributed by atoms with E-state index in [0.717, 1.165) is 5.71 Å². The van der Waals surface area contributed by atoms with Crippen LogP contribution < -0.4 is 34.7 Å². The molecule has 3 heterocycles. The molecule has 120 valence electrons. The second-order valence-electron chi connectivity index (χ2n) is 6.44. The maximum Gasteiger partial charge on any atom is 1.00 e. The maximum absolute atomic E-state index is 12.1. The molecule has 1 fully saturated rings. The van der Waals surface area contributed by atoms with E-state index < -0.39 is 24.1 Å². The molecule has 4 atom stereocenters. The van der Waals surface area contributed by atoms with Gasteiger partial charge in [-0.1, -0.05) is 19.0 Å². The Balaban J connectivity index is 0.00000192. The maximum atomic E-state index is 12.1. The van der Waals surface area contributed by atoms with Crippen LogP contribution in [0.15, 0.2) is 16.4 Å². The van der Waals surface area contributed by atoms with Crippen molar-refractivity contribution in [3.63, 3.8) is 0 Å². The van der Waals surface area contributed by atoms with Crippen molar-refractivity contribution in [1.82, 2.24) is 4.90 Å². The van der Waals surface area contributed by atoms with Crippen LogP contribution in [0.2, 0.25) is 0 Å². The SMILES string of the molecule is CC(C)C1=NO[C@@H](C2=C(C(=O)[O-])N3C(=O)[C@H]([C@@H](C)O)[C@H]3C2)C1.[Na+]. The molecular weight excluding hydrogens is 311 g/mol. The summed E-state index contributed by atoms with van der Waals surface area (Å²) in [5, 5.41) is 25.2. The number of carboxylic acids is 1. The van der Waals surface area contributed by atoms with Gasteiger partial charge in [0.1, 0.15) is 0 Å². The molecule has 0 radical (unpaired) electrons. The van der Waals surface area contributed by atoms with Crippen LogP contribution in [0.25, 0.3) is 0 Å². The van der Waals surface area contributed by atoms with Crippen LogP contribution in [-0.2, 0) is 14.4 Å². The summed E-state index contributed by atoms with van der Waals surface area (Å²) in [6, 6.07) is -0.318. The number of oxime groups is 1. The molecule has 0 aromatic heterocycles. The monoisotopic (exact) mass is 330 g/mol. The average Bonchev–Trinajstić information content (AvgIpc) is 2.99. The minimum Gasteiger partial charge on any atom is -0.543 e. The molecule has 1 N–H and O–H groups in total. The predicted molar refractivity (Wildman–Crippen MR) is 74.2 cm³/mol. The average molecular weight is 330 g/mol. The van der Waals surface area contributed by atoms with E-state index in [1.54, 1.807) is 6.92 Å². The zero-order chi connectivity index (χ0) is 16.2. The number of nitrogens with zero attached hydrogens (tertiary/aromatic N) is 2. The van der Waals surface area contributed by atoms with Gasteiger partial charge in [-0.15, -0.1) is 0 Å². The number of amides is 1. The molecule has 7 nitrogen and oxygen atoms in total. The van der Waals surface area contributed by atoms with Crippen LogP contribution in [0.4, 0.5) is 0 Å². The predicted octanol–water partition coefficient (Wildman–Crippen LogP) is -3.59. The van der Waals surface area contributed by atoms with Crippen molar-refractivity contribution < 1.29 is 54.2 Å². The van der Waals surface area contributed by atoms with Crippen LogP contribution in [0.5, 0.6) is 0 Å². The number of carbonyl (C=O) groups is 2. The Morgan fingerprint density at radius 3 is 2.52 bits per heavy atom. The zero-order valence-corrected chi connectivity index (χ0v) is 15.8. The van der Waals surface area contributed by atoms with Gasteiger partial charge < -0.3 is 24.7 Å². The molecule has 23 heavy (non-hydrogen) atoms. The topological polar surface area (TPSA) is 102 Å². The Kier molecular flexibility index (Phi) is 5.25. The summed E-state index contributed by atoms with van der Waals surface area (Å²) in [6.07, 6.45) is -0.352. The van der Waals surface area contributed by atoms with E-state index >= 15 is 0 Å². The summed E-state index contributed by atoms with van der Waals surface area (Å²) in [5.74, 6) is -2.07. The fourth-order valence-corrected chi connectivity index (χ4v) is 3.50. The molecule has 0 aromatic rings. The summed E-state index contributed by atoms with van der Waals surface area (Å²) in [5.41, 5.74) is 1.32. The first-order valence-electron chi connectivity index (χ1n) is 7.51. The minimum absolute atomic E-state index is 0. The van der Waals surface area contributed by atoms with Crippen LogP contribution in [0.3, 0.4) is 0 Å². The molecule has 0 aromatic carbocycles. The molecule has 0 bridgehead atoms. The third kappa shape index (κ3) is 2.84. The first-order chi connectivity index (χ1) is 10.3. The van der Waals surface area contributed by atoms with Crippen LogP contribution in [0.1, 0.15) is 33.6 Å². The van der Waals surface area contributed by atoms with Gasteiger partial charge in [0.05, 0.1) is 35.4 Å². The van der Waals surface area contributed by atoms with Gasteiger partial charge in [-0.2, -0.15) is 0 Å². The Hall–Kier alpha value is -0.890.